The molecule has 45 heavy (non-hydrogen) atoms. The third-order valence-electron chi connectivity index (χ3n) is 8.31. The van der Waals surface area contributed by atoms with Crippen molar-refractivity contribution in [3.05, 3.63) is 94.4 Å². The van der Waals surface area contributed by atoms with E-state index in [0.29, 0.717) is 39.9 Å². The lowest BCUT2D eigenvalue weighted by Gasteiger charge is -2.28. The standard InChI is InChI=1S/C34H36FN5O5/c1-5-24(33(42)43)26-10-7-22-13-21(26)16-40(4)32(41)30(38-23-8-11-27-28(14-23)29(35)15-37-31(27)36)20-6-9-25(18(2)12-20)19(3)17-45-34(44)39-22/h6-15,19,24,30,38H,5,16-17H2,1-4H3,(H2,36,37)(H,39,44)(H,42,43). The Morgan fingerprint density at radius 1 is 1.18 bits per heavy atom. The van der Waals surface area contributed by atoms with Crippen LogP contribution in [0.15, 0.2) is 60.8 Å². The molecule has 0 fully saturated rings. The van der Waals surface area contributed by atoms with Crippen LogP contribution in [0.5, 0.6) is 0 Å². The average molecular weight is 614 g/mol. The summed E-state index contributed by atoms with van der Waals surface area (Å²) >= 11 is 0. The zero-order valence-corrected chi connectivity index (χ0v) is 25.6. The van der Waals surface area contributed by atoms with E-state index in [9.17, 15) is 23.9 Å². The fourth-order valence-corrected chi connectivity index (χ4v) is 5.89. The second kappa shape index (κ2) is 12.8. The van der Waals surface area contributed by atoms with Crippen LogP contribution < -0.4 is 16.4 Å². The third kappa shape index (κ3) is 6.52. The van der Waals surface area contributed by atoms with Crippen molar-refractivity contribution >= 4 is 45.9 Å². The number of carboxylic acid groups (broad SMARTS) is 1. The van der Waals surface area contributed by atoms with Gasteiger partial charge in [-0.05, 0) is 71.5 Å². The first-order chi connectivity index (χ1) is 21.5. The number of pyridine rings is 1. The first kappa shape index (κ1) is 31.2. The van der Waals surface area contributed by atoms with Gasteiger partial charge in [-0.2, -0.15) is 0 Å². The molecule has 2 aliphatic heterocycles. The number of aromatic nitrogens is 1. The molecule has 5 N–H and O–H groups in total. The first-order valence-electron chi connectivity index (χ1n) is 14.7. The molecule has 3 unspecified atom stereocenters. The molecular formula is C34H36FN5O5. The third-order valence-corrected chi connectivity index (χ3v) is 8.31. The molecule has 11 heteroatoms. The van der Waals surface area contributed by atoms with Gasteiger partial charge in [0.2, 0.25) is 5.91 Å². The van der Waals surface area contributed by atoms with Crippen molar-refractivity contribution in [3.63, 3.8) is 0 Å². The van der Waals surface area contributed by atoms with Crippen molar-refractivity contribution in [1.29, 1.82) is 0 Å². The Bertz CT molecular complexity index is 1790. The van der Waals surface area contributed by atoms with E-state index in [1.54, 1.807) is 50.4 Å². The molecule has 4 aromatic rings. The van der Waals surface area contributed by atoms with Crippen LogP contribution in [0.3, 0.4) is 0 Å². The van der Waals surface area contributed by atoms with Crippen LogP contribution in [0, 0.1) is 12.7 Å². The molecule has 0 spiro atoms. The molecule has 4 bridgehead atoms. The molecule has 10 nitrogen and oxygen atoms in total. The quantitative estimate of drug-likeness (QED) is 0.205. The van der Waals surface area contributed by atoms with Gasteiger partial charge in [0.05, 0.1) is 18.7 Å². The maximum atomic E-state index is 14.7. The fraction of sp³-hybridized carbons (Fsp3) is 0.294. The summed E-state index contributed by atoms with van der Waals surface area (Å²) in [5, 5.41) is 16.7. The second-order valence-electron chi connectivity index (χ2n) is 11.5. The van der Waals surface area contributed by atoms with Crippen LogP contribution in [0.1, 0.15) is 66.0 Å². The molecule has 3 atom stereocenters. The van der Waals surface area contributed by atoms with Crippen molar-refractivity contribution in [2.24, 2.45) is 0 Å². The number of carboxylic acids is 1. The predicted octanol–water partition coefficient (Wildman–Crippen LogP) is 6.32. The number of anilines is 3. The summed E-state index contributed by atoms with van der Waals surface area (Å²) in [7, 11) is 1.63. The zero-order valence-electron chi connectivity index (χ0n) is 25.6. The largest absolute Gasteiger partial charge is 0.481 e. The number of aryl methyl sites for hydroxylation is 1. The minimum atomic E-state index is -0.988. The summed E-state index contributed by atoms with van der Waals surface area (Å²) in [6.07, 6.45) is 0.764. The molecule has 1 aromatic heterocycles. The molecule has 0 saturated heterocycles. The summed E-state index contributed by atoms with van der Waals surface area (Å²) < 4.78 is 20.2. The lowest BCUT2D eigenvalue weighted by Crippen LogP contribution is -2.35. The number of amides is 2. The number of halogens is 1. The number of likely N-dealkylation sites (N-methyl/N-ethyl adjacent to an activating group) is 1. The maximum absolute atomic E-state index is 14.7. The van der Waals surface area contributed by atoms with Crippen LogP contribution in [0.2, 0.25) is 0 Å². The van der Waals surface area contributed by atoms with E-state index >= 15 is 0 Å². The van der Waals surface area contributed by atoms with E-state index in [-0.39, 0.29) is 36.2 Å². The Balaban J connectivity index is 1.60. The number of hydrogen-bond donors (Lipinski definition) is 4. The van der Waals surface area contributed by atoms with E-state index in [0.717, 1.165) is 17.3 Å². The van der Waals surface area contributed by atoms with Crippen LogP contribution in [-0.2, 0) is 20.9 Å². The molecule has 0 aliphatic carbocycles. The molecule has 6 rings (SSSR count). The molecule has 2 amide bonds. The number of rotatable bonds is 5. The molecule has 2 aliphatic rings. The number of fused-ring (bicyclic) bond motifs is 10. The number of carbonyl (C=O) groups excluding carboxylic acids is 2. The maximum Gasteiger partial charge on any atom is 0.411 e. The SMILES string of the molecule is CCC(C(=O)O)c1ccc2cc1CN(C)C(=O)C(Nc1ccc3c(N)ncc(F)c3c1)c1ccc(c(C)c1)C(C)COC(=O)N2. The fourth-order valence-electron chi connectivity index (χ4n) is 5.89. The van der Waals surface area contributed by atoms with E-state index in [1.165, 1.54) is 4.90 Å². The van der Waals surface area contributed by atoms with E-state index in [4.69, 9.17) is 10.5 Å². The smallest absolute Gasteiger partial charge is 0.411 e. The van der Waals surface area contributed by atoms with Crippen molar-refractivity contribution in [1.82, 2.24) is 9.88 Å². The molecule has 0 saturated carbocycles. The number of nitrogens with two attached hydrogens (primary N) is 1. The zero-order chi connectivity index (χ0) is 32.4. The molecule has 3 aromatic carbocycles. The highest BCUT2D eigenvalue weighted by molar-refractivity contribution is 5.94. The number of carbonyl (C=O) groups is 3. The number of nitrogen functional groups attached to an aromatic ring is 1. The molecule has 0 radical (unpaired) electrons. The van der Waals surface area contributed by atoms with Gasteiger partial charge in [-0.25, -0.2) is 14.2 Å². The van der Waals surface area contributed by atoms with Gasteiger partial charge in [-0.3, -0.25) is 14.9 Å². The van der Waals surface area contributed by atoms with Crippen molar-refractivity contribution < 1.29 is 28.6 Å². The molecule has 3 heterocycles. The highest BCUT2D eigenvalue weighted by atomic mass is 19.1. The van der Waals surface area contributed by atoms with Gasteiger partial charge in [0.15, 0.2) is 0 Å². The molecular weight excluding hydrogens is 577 g/mol. The van der Waals surface area contributed by atoms with Gasteiger partial charge in [-0.15, -0.1) is 0 Å². The number of nitrogens with one attached hydrogen (secondary N) is 2. The second-order valence-corrected chi connectivity index (χ2v) is 11.5. The number of aliphatic carboxylic acids is 1. The average Bonchev–Trinajstić information content (AvgIpc) is 3.01. The lowest BCUT2D eigenvalue weighted by molar-refractivity contribution is -0.138. The Labute approximate surface area is 260 Å². The first-order valence-corrected chi connectivity index (χ1v) is 14.7. The van der Waals surface area contributed by atoms with Gasteiger partial charge in [-0.1, -0.05) is 38.1 Å². The Morgan fingerprint density at radius 2 is 1.96 bits per heavy atom. The van der Waals surface area contributed by atoms with Crippen LogP contribution in [0.25, 0.3) is 10.8 Å². The van der Waals surface area contributed by atoms with Crippen molar-refractivity contribution in [2.75, 3.05) is 30.0 Å². The Kier molecular flexibility index (Phi) is 8.89. The van der Waals surface area contributed by atoms with Gasteiger partial charge in [0, 0.05) is 41.7 Å². The van der Waals surface area contributed by atoms with Crippen molar-refractivity contribution in [2.45, 2.75) is 51.6 Å². The topological polar surface area (TPSA) is 147 Å². The predicted molar refractivity (Wildman–Crippen MR) is 171 cm³/mol. The number of benzene rings is 3. The summed E-state index contributed by atoms with van der Waals surface area (Å²) in [4.78, 5) is 44.5. The highest BCUT2D eigenvalue weighted by Gasteiger charge is 2.28. The minimum Gasteiger partial charge on any atom is -0.481 e. The van der Waals surface area contributed by atoms with E-state index in [1.807, 2.05) is 32.0 Å². The number of nitrogens with zero attached hydrogens (tertiary/aromatic N) is 2. The summed E-state index contributed by atoms with van der Waals surface area (Å²) in [5.41, 5.74) is 10.5. The van der Waals surface area contributed by atoms with Gasteiger partial charge in [0.25, 0.3) is 0 Å². The van der Waals surface area contributed by atoms with Crippen LogP contribution >= 0.6 is 0 Å². The normalized spacial score (nSPS) is 17.9. The lowest BCUT2D eigenvalue weighted by atomic mass is 9.91. The molecule has 234 valence electrons. The Morgan fingerprint density at radius 3 is 2.67 bits per heavy atom. The van der Waals surface area contributed by atoms with Gasteiger partial charge in [0.1, 0.15) is 17.7 Å². The highest BCUT2D eigenvalue weighted by Crippen LogP contribution is 2.32. The summed E-state index contributed by atoms with van der Waals surface area (Å²) in [6, 6.07) is 14.7. The van der Waals surface area contributed by atoms with Gasteiger partial charge >= 0.3 is 12.1 Å². The number of hydrogen-bond acceptors (Lipinski definition) is 7. The summed E-state index contributed by atoms with van der Waals surface area (Å²) in [6.45, 7) is 5.84. The van der Waals surface area contributed by atoms with Crippen LogP contribution in [0.4, 0.5) is 26.4 Å². The van der Waals surface area contributed by atoms with E-state index in [2.05, 4.69) is 15.6 Å². The monoisotopic (exact) mass is 613 g/mol. The van der Waals surface area contributed by atoms with Crippen LogP contribution in [-0.4, -0.2) is 46.6 Å². The van der Waals surface area contributed by atoms with Gasteiger partial charge < -0.3 is 25.8 Å². The number of ether oxygens (including phenoxy) is 1. The van der Waals surface area contributed by atoms with E-state index < -0.39 is 29.8 Å². The minimum absolute atomic E-state index is 0.0589. The summed E-state index contributed by atoms with van der Waals surface area (Å²) in [5.74, 6) is -2.58. The van der Waals surface area contributed by atoms with Crippen molar-refractivity contribution in [3.8, 4) is 0 Å². The Hall–Kier alpha value is -5.19.